The Morgan fingerprint density at radius 1 is 1.14 bits per heavy atom. The maximum absolute atomic E-state index is 13.0. The average molecular weight is 510 g/mol. The number of anilines is 2. The second-order valence-electron chi connectivity index (χ2n) is 10.5. The van der Waals surface area contributed by atoms with Crippen LogP contribution >= 0.6 is 0 Å². The summed E-state index contributed by atoms with van der Waals surface area (Å²) in [4.78, 5) is 24.0. The zero-order chi connectivity index (χ0) is 25.1. The lowest BCUT2D eigenvalue weighted by molar-refractivity contribution is 0.0164. The van der Waals surface area contributed by atoms with E-state index >= 15 is 0 Å². The highest BCUT2D eigenvalue weighted by atomic mass is 32.2. The molecule has 0 bridgehead atoms. The molecule has 3 aliphatic rings. The van der Waals surface area contributed by atoms with Gasteiger partial charge in [0.15, 0.2) is 0 Å². The van der Waals surface area contributed by atoms with E-state index in [0.717, 1.165) is 49.8 Å². The second-order valence-corrected chi connectivity index (χ2v) is 12.5. The van der Waals surface area contributed by atoms with Gasteiger partial charge in [0, 0.05) is 69.0 Å². The van der Waals surface area contributed by atoms with E-state index in [4.69, 9.17) is 4.98 Å². The Bertz CT molecular complexity index is 1410. The van der Waals surface area contributed by atoms with Crippen molar-refractivity contribution in [2.24, 2.45) is 5.41 Å². The maximum atomic E-state index is 13.0. The average Bonchev–Trinajstić information content (AvgIpc) is 3.44. The lowest BCUT2D eigenvalue weighted by atomic mass is 9.76. The monoisotopic (exact) mass is 509 g/mol. The molecule has 36 heavy (non-hydrogen) atoms. The Morgan fingerprint density at radius 3 is 2.44 bits per heavy atom. The van der Waals surface area contributed by atoms with Gasteiger partial charge in [0.2, 0.25) is 16.0 Å². The predicted molar refractivity (Wildman–Crippen MR) is 137 cm³/mol. The smallest absolute Gasteiger partial charge is 0.270 e. The molecule has 11 heteroatoms. The minimum Gasteiger partial charge on any atom is -0.343 e. The molecule has 0 unspecified atom stereocenters. The Balaban J connectivity index is 1.25. The van der Waals surface area contributed by atoms with Crippen LogP contribution in [0, 0.1) is 5.41 Å². The normalized spacial score (nSPS) is 19.8. The standard InChI is InChI=1S/C25H31N7O3S/c1-30(2)23(33)21-11-17-12-27-24(29-22(17)32(21)19-5-3-4-6-19)28-18-7-9-20(10-8-18)36(34,35)31-15-25(16-31)13-26-14-25/h7-12,19,26H,3-6,13-16H2,1-2H3,(H,27,28,29). The van der Waals surface area contributed by atoms with Crippen molar-refractivity contribution in [3.8, 4) is 0 Å². The molecule has 2 aromatic heterocycles. The molecule has 2 saturated heterocycles. The zero-order valence-corrected chi connectivity index (χ0v) is 21.4. The molecule has 3 aromatic rings. The van der Waals surface area contributed by atoms with Crippen molar-refractivity contribution in [2.45, 2.75) is 36.6 Å². The first-order valence-corrected chi connectivity index (χ1v) is 13.9. The number of benzene rings is 1. The maximum Gasteiger partial charge on any atom is 0.270 e. The lowest BCUT2D eigenvalue weighted by Gasteiger charge is -2.55. The molecule has 1 spiro atoms. The molecule has 6 rings (SSSR count). The van der Waals surface area contributed by atoms with E-state index in [0.29, 0.717) is 30.4 Å². The highest BCUT2D eigenvalue weighted by Crippen LogP contribution is 2.38. The summed E-state index contributed by atoms with van der Waals surface area (Å²) in [5.41, 5.74) is 2.20. The molecule has 0 atom stereocenters. The first-order chi connectivity index (χ1) is 17.3. The fourth-order valence-corrected chi connectivity index (χ4v) is 7.22. The quantitative estimate of drug-likeness (QED) is 0.525. The molecular formula is C25H31N7O3S. The molecule has 1 saturated carbocycles. The van der Waals surface area contributed by atoms with Crippen LogP contribution in [0.5, 0.6) is 0 Å². The summed E-state index contributed by atoms with van der Waals surface area (Å²) < 4.78 is 29.5. The molecule has 1 amide bonds. The largest absolute Gasteiger partial charge is 0.343 e. The number of fused-ring (bicyclic) bond motifs is 1. The Hall–Kier alpha value is -3.02. The van der Waals surface area contributed by atoms with Gasteiger partial charge in [-0.05, 0) is 43.2 Å². The van der Waals surface area contributed by atoms with E-state index in [1.54, 1.807) is 53.8 Å². The summed E-state index contributed by atoms with van der Waals surface area (Å²) in [6.45, 7) is 2.94. The van der Waals surface area contributed by atoms with E-state index < -0.39 is 10.0 Å². The van der Waals surface area contributed by atoms with Gasteiger partial charge in [0.05, 0.1) is 4.90 Å². The van der Waals surface area contributed by atoms with Crippen molar-refractivity contribution in [1.82, 2.24) is 29.1 Å². The van der Waals surface area contributed by atoms with Crippen LogP contribution in [0.2, 0.25) is 0 Å². The number of nitrogens with one attached hydrogen (secondary N) is 2. The van der Waals surface area contributed by atoms with E-state index in [1.807, 2.05) is 6.07 Å². The fraction of sp³-hybridized carbons (Fsp3) is 0.480. The Morgan fingerprint density at radius 2 is 1.83 bits per heavy atom. The molecule has 0 radical (unpaired) electrons. The zero-order valence-electron chi connectivity index (χ0n) is 20.6. The van der Waals surface area contributed by atoms with Crippen molar-refractivity contribution >= 4 is 38.6 Å². The van der Waals surface area contributed by atoms with E-state index in [9.17, 15) is 13.2 Å². The van der Waals surface area contributed by atoms with E-state index in [-0.39, 0.29) is 22.3 Å². The second kappa shape index (κ2) is 8.53. The highest BCUT2D eigenvalue weighted by molar-refractivity contribution is 7.89. The first-order valence-electron chi connectivity index (χ1n) is 12.4. The van der Waals surface area contributed by atoms with Crippen molar-refractivity contribution in [1.29, 1.82) is 0 Å². The summed E-state index contributed by atoms with van der Waals surface area (Å²) in [5, 5.41) is 7.25. The summed E-state index contributed by atoms with van der Waals surface area (Å²) in [7, 11) is 0.0238. The van der Waals surface area contributed by atoms with Crippen LogP contribution in [0.4, 0.5) is 11.6 Å². The van der Waals surface area contributed by atoms with Gasteiger partial charge in [-0.15, -0.1) is 0 Å². The van der Waals surface area contributed by atoms with Crippen molar-refractivity contribution in [2.75, 3.05) is 45.6 Å². The molecule has 2 N–H and O–H groups in total. The highest BCUT2D eigenvalue weighted by Gasteiger charge is 2.51. The van der Waals surface area contributed by atoms with Crippen LogP contribution in [0.25, 0.3) is 11.0 Å². The van der Waals surface area contributed by atoms with Crippen molar-refractivity contribution in [3.63, 3.8) is 0 Å². The van der Waals surface area contributed by atoms with Crippen LogP contribution in [0.1, 0.15) is 42.2 Å². The number of aromatic nitrogens is 3. The van der Waals surface area contributed by atoms with Gasteiger partial charge in [-0.25, -0.2) is 13.4 Å². The van der Waals surface area contributed by atoms with Gasteiger partial charge in [0.1, 0.15) is 11.3 Å². The third-order valence-electron chi connectivity index (χ3n) is 7.66. The van der Waals surface area contributed by atoms with Crippen molar-refractivity contribution < 1.29 is 13.2 Å². The third-order valence-corrected chi connectivity index (χ3v) is 9.47. The van der Waals surface area contributed by atoms with Gasteiger partial charge < -0.3 is 20.1 Å². The van der Waals surface area contributed by atoms with E-state index in [1.165, 1.54) is 0 Å². The number of amides is 1. The molecule has 1 aromatic carbocycles. The SMILES string of the molecule is CN(C)C(=O)c1cc2cnc(Nc3ccc(S(=O)(=O)N4CC5(CNC5)C4)cc3)nc2n1C1CCCC1. The summed E-state index contributed by atoms with van der Waals surface area (Å²) in [6.07, 6.45) is 6.06. The molecule has 3 fully saturated rings. The number of sulfonamides is 1. The third kappa shape index (κ3) is 3.86. The molecule has 190 valence electrons. The molecule has 2 aliphatic heterocycles. The predicted octanol–water partition coefficient (Wildman–Crippen LogP) is 2.59. The number of hydrogen-bond donors (Lipinski definition) is 2. The van der Waals surface area contributed by atoms with E-state index in [2.05, 4.69) is 20.2 Å². The number of nitrogens with zero attached hydrogens (tertiary/aromatic N) is 5. The molecular weight excluding hydrogens is 478 g/mol. The Labute approximate surface area is 210 Å². The number of rotatable bonds is 6. The van der Waals surface area contributed by atoms with Gasteiger partial charge in [0.25, 0.3) is 5.91 Å². The van der Waals surface area contributed by atoms with Crippen LogP contribution < -0.4 is 10.6 Å². The minimum absolute atomic E-state index is 0.0482. The van der Waals surface area contributed by atoms with Gasteiger partial charge in [-0.2, -0.15) is 9.29 Å². The summed E-state index contributed by atoms with van der Waals surface area (Å²) in [5.74, 6) is 0.356. The summed E-state index contributed by atoms with van der Waals surface area (Å²) >= 11 is 0. The van der Waals surface area contributed by atoms with Gasteiger partial charge >= 0.3 is 0 Å². The van der Waals surface area contributed by atoms with Crippen molar-refractivity contribution in [3.05, 3.63) is 42.2 Å². The fourth-order valence-electron chi connectivity index (χ4n) is 5.56. The Kier molecular flexibility index (Phi) is 5.54. The molecule has 10 nitrogen and oxygen atoms in total. The number of carbonyl (C=O) groups is 1. The minimum atomic E-state index is -3.49. The summed E-state index contributed by atoms with van der Waals surface area (Å²) in [6, 6.07) is 8.82. The van der Waals surface area contributed by atoms with Gasteiger partial charge in [-0.3, -0.25) is 4.79 Å². The van der Waals surface area contributed by atoms with Crippen LogP contribution in [0.15, 0.2) is 41.4 Å². The lowest BCUT2D eigenvalue weighted by Crippen LogP contribution is -2.71. The van der Waals surface area contributed by atoms with Gasteiger partial charge in [-0.1, -0.05) is 12.8 Å². The number of carbonyl (C=O) groups excluding carboxylic acids is 1. The topological polar surface area (TPSA) is 112 Å². The first kappa shape index (κ1) is 23.4. The van der Waals surface area contributed by atoms with Crippen LogP contribution in [-0.4, -0.2) is 78.3 Å². The van der Waals surface area contributed by atoms with Crippen LogP contribution in [-0.2, 0) is 10.0 Å². The van der Waals surface area contributed by atoms with Crippen LogP contribution in [0.3, 0.4) is 0 Å². The molecule has 1 aliphatic carbocycles. The number of hydrogen-bond acceptors (Lipinski definition) is 7. The molecule has 4 heterocycles.